The fourth-order valence-corrected chi connectivity index (χ4v) is 1.42. The van der Waals surface area contributed by atoms with Crippen LogP contribution in [0.4, 0.5) is 0 Å². The maximum absolute atomic E-state index is 2.28. The van der Waals surface area contributed by atoms with Crippen molar-refractivity contribution in [2.24, 2.45) is 13.0 Å². The van der Waals surface area contributed by atoms with Gasteiger partial charge in [-0.05, 0) is 30.4 Å². The van der Waals surface area contributed by atoms with Gasteiger partial charge in [-0.15, -0.1) is 0 Å². The molecule has 12 heavy (non-hydrogen) atoms. The Morgan fingerprint density at radius 3 is 2.67 bits per heavy atom. The van der Waals surface area contributed by atoms with Gasteiger partial charge in [0.25, 0.3) is 0 Å². The number of aryl methyl sites for hydroxylation is 2. The first kappa shape index (κ1) is 9.37. The molecule has 0 saturated carbocycles. The van der Waals surface area contributed by atoms with Crippen LogP contribution < -0.4 is 0 Å². The zero-order chi connectivity index (χ0) is 8.97. The Kier molecular flexibility index (Phi) is 3.39. The van der Waals surface area contributed by atoms with Gasteiger partial charge in [0, 0.05) is 19.4 Å². The summed E-state index contributed by atoms with van der Waals surface area (Å²) < 4.78 is 2.12. The Bertz CT molecular complexity index is 223. The van der Waals surface area contributed by atoms with Crippen LogP contribution in [-0.4, -0.2) is 4.57 Å². The minimum absolute atomic E-state index is 0.841. The zero-order valence-electron chi connectivity index (χ0n) is 8.38. The van der Waals surface area contributed by atoms with E-state index in [1.54, 1.807) is 0 Å². The predicted octanol–water partition coefficient (Wildman–Crippen LogP) is 3.00. The lowest BCUT2D eigenvalue weighted by atomic mass is 10.0. The van der Waals surface area contributed by atoms with Crippen molar-refractivity contribution in [2.75, 3.05) is 0 Å². The second-order valence-electron chi connectivity index (χ2n) is 3.97. The van der Waals surface area contributed by atoms with Crippen LogP contribution in [0.5, 0.6) is 0 Å². The molecule has 1 heterocycles. The molecule has 1 rings (SSSR count). The molecular formula is C11H19N. The SMILES string of the molecule is CC(C)CCCc1ccn(C)c1. The van der Waals surface area contributed by atoms with Crippen LogP contribution in [0.15, 0.2) is 18.5 Å². The maximum atomic E-state index is 2.28. The van der Waals surface area contributed by atoms with Crippen molar-refractivity contribution in [1.29, 1.82) is 0 Å². The fraction of sp³-hybridized carbons (Fsp3) is 0.636. The topological polar surface area (TPSA) is 4.93 Å². The van der Waals surface area contributed by atoms with Crippen LogP contribution in [0.25, 0.3) is 0 Å². The molecule has 1 aromatic rings. The summed E-state index contributed by atoms with van der Waals surface area (Å²) in [6.07, 6.45) is 8.22. The summed E-state index contributed by atoms with van der Waals surface area (Å²) >= 11 is 0. The molecule has 0 aliphatic rings. The van der Waals surface area contributed by atoms with Crippen LogP contribution in [0.2, 0.25) is 0 Å². The first-order valence-corrected chi connectivity index (χ1v) is 4.79. The normalized spacial score (nSPS) is 11.0. The Morgan fingerprint density at radius 1 is 1.42 bits per heavy atom. The largest absolute Gasteiger partial charge is 0.357 e. The highest BCUT2D eigenvalue weighted by atomic mass is 14.9. The molecule has 0 bridgehead atoms. The highest BCUT2D eigenvalue weighted by Crippen LogP contribution is 2.09. The lowest BCUT2D eigenvalue weighted by Crippen LogP contribution is -1.89. The molecule has 68 valence electrons. The van der Waals surface area contributed by atoms with E-state index >= 15 is 0 Å². The molecule has 0 N–H and O–H groups in total. The fourth-order valence-electron chi connectivity index (χ4n) is 1.42. The smallest absolute Gasteiger partial charge is 0.0106 e. The molecule has 1 aromatic heterocycles. The predicted molar refractivity (Wildman–Crippen MR) is 53.2 cm³/mol. The maximum Gasteiger partial charge on any atom is 0.0106 e. The summed E-state index contributed by atoms with van der Waals surface area (Å²) in [5.74, 6) is 0.841. The standard InChI is InChI=1S/C11H19N/c1-10(2)5-4-6-11-7-8-12(3)9-11/h7-10H,4-6H2,1-3H3. The van der Waals surface area contributed by atoms with Gasteiger partial charge in [-0.3, -0.25) is 0 Å². The molecule has 1 heteroatoms. The molecule has 0 atom stereocenters. The van der Waals surface area contributed by atoms with E-state index in [0.29, 0.717) is 0 Å². The summed E-state index contributed by atoms with van der Waals surface area (Å²) in [4.78, 5) is 0. The third kappa shape index (κ3) is 3.12. The van der Waals surface area contributed by atoms with Crippen molar-refractivity contribution in [3.05, 3.63) is 24.0 Å². The van der Waals surface area contributed by atoms with E-state index in [4.69, 9.17) is 0 Å². The van der Waals surface area contributed by atoms with Crippen molar-refractivity contribution >= 4 is 0 Å². The van der Waals surface area contributed by atoms with E-state index in [1.807, 2.05) is 0 Å². The van der Waals surface area contributed by atoms with Gasteiger partial charge in [0.2, 0.25) is 0 Å². The summed E-state index contributed by atoms with van der Waals surface area (Å²) in [6, 6.07) is 2.21. The first-order chi connectivity index (χ1) is 5.68. The average Bonchev–Trinajstić information content (AvgIpc) is 2.35. The van der Waals surface area contributed by atoms with E-state index in [-0.39, 0.29) is 0 Å². The molecule has 0 aromatic carbocycles. The molecule has 0 fully saturated rings. The molecule has 0 aliphatic heterocycles. The quantitative estimate of drug-likeness (QED) is 0.646. The number of aromatic nitrogens is 1. The lowest BCUT2D eigenvalue weighted by Gasteiger charge is -2.02. The zero-order valence-corrected chi connectivity index (χ0v) is 8.38. The highest BCUT2D eigenvalue weighted by molar-refractivity contribution is 5.09. The third-order valence-electron chi connectivity index (χ3n) is 2.14. The van der Waals surface area contributed by atoms with E-state index < -0.39 is 0 Å². The minimum atomic E-state index is 0.841. The van der Waals surface area contributed by atoms with Gasteiger partial charge in [0.15, 0.2) is 0 Å². The molecule has 0 spiro atoms. The van der Waals surface area contributed by atoms with Crippen molar-refractivity contribution in [1.82, 2.24) is 4.57 Å². The van der Waals surface area contributed by atoms with Gasteiger partial charge in [-0.2, -0.15) is 0 Å². The monoisotopic (exact) mass is 165 g/mol. The molecule has 0 radical (unpaired) electrons. The lowest BCUT2D eigenvalue weighted by molar-refractivity contribution is 0.555. The van der Waals surface area contributed by atoms with Gasteiger partial charge in [-0.1, -0.05) is 20.3 Å². The molecule has 0 amide bonds. The van der Waals surface area contributed by atoms with E-state index in [9.17, 15) is 0 Å². The minimum Gasteiger partial charge on any atom is -0.357 e. The van der Waals surface area contributed by atoms with Crippen molar-refractivity contribution in [3.63, 3.8) is 0 Å². The molecule has 0 saturated heterocycles. The summed E-state index contributed by atoms with van der Waals surface area (Å²) in [6.45, 7) is 4.57. The van der Waals surface area contributed by atoms with E-state index in [1.165, 1.54) is 24.8 Å². The second kappa shape index (κ2) is 4.34. The van der Waals surface area contributed by atoms with Crippen LogP contribution in [0, 0.1) is 5.92 Å². The second-order valence-corrected chi connectivity index (χ2v) is 3.97. The van der Waals surface area contributed by atoms with Crippen molar-refractivity contribution < 1.29 is 0 Å². The van der Waals surface area contributed by atoms with Gasteiger partial charge >= 0.3 is 0 Å². The Morgan fingerprint density at radius 2 is 2.17 bits per heavy atom. The molecule has 0 unspecified atom stereocenters. The highest BCUT2D eigenvalue weighted by Gasteiger charge is 1.96. The summed E-state index contributed by atoms with van der Waals surface area (Å²) in [5, 5.41) is 0. The number of rotatable bonds is 4. The molecular weight excluding hydrogens is 146 g/mol. The van der Waals surface area contributed by atoms with Gasteiger partial charge in [0.1, 0.15) is 0 Å². The van der Waals surface area contributed by atoms with Gasteiger partial charge in [0.05, 0.1) is 0 Å². The van der Waals surface area contributed by atoms with Crippen LogP contribution in [0.3, 0.4) is 0 Å². The van der Waals surface area contributed by atoms with Crippen molar-refractivity contribution in [2.45, 2.75) is 33.1 Å². The number of nitrogens with zero attached hydrogens (tertiary/aromatic N) is 1. The van der Waals surface area contributed by atoms with Gasteiger partial charge in [-0.25, -0.2) is 0 Å². The van der Waals surface area contributed by atoms with Crippen LogP contribution >= 0.6 is 0 Å². The summed E-state index contributed by atoms with van der Waals surface area (Å²) in [7, 11) is 2.08. The number of hydrogen-bond donors (Lipinski definition) is 0. The number of hydrogen-bond acceptors (Lipinski definition) is 0. The molecule has 0 aliphatic carbocycles. The first-order valence-electron chi connectivity index (χ1n) is 4.79. The Balaban J connectivity index is 2.24. The Hall–Kier alpha value is -0.720. The van der Waals surface area contributed by atoms with Crippen LogP contribution in [0.1, 0.15) is 32.3 Å². The Labute approximate surface area is 75.4 Å². The van der Waals surface area contributed by atoms with Crippen LogP contribution in [-0.2, 0) is 13.5 Å². The van der Waals surface area contributed by atoms with Crippen molar-refractivity contribution in [3.8, 4) is 0 Å². The molecule has 1 nitrogen and oxygen atoms in total. The third-order valence-corrected chi connectivity index (χ3v) is 2.14. The average molecular weight is 165 g/mol. The van der Waals surface area contributed by atoms with E-state index in [0.717, 1.165) is 5.92 Å². The van der Waals surface area contributed by atoms with Gasteiger partial charge < -0.3 is 4.57 Å². The summed E-state index contributed by atoms with van der Waals surface area (Å²) in [5.41, 5.74) is 1.47. The van der Waals surface area contributed by atoms with E-state index in [2.05, 4.69) is 43.9 Å².